The van der Waals surface area contributed by atoms with Crippen molar-refractivity contribution in [1.29, 1.82) is 0 Å². The molecular formula is C25H32N4O2. The van der Waals surface area contributed by atoms with Gasteiger partial charge in [-0.3, -0.25) is 4.79 Å². The number of carbonyl (C=O) groups is 1. The predicted octanol–water partition coefficient (Wildman–Crippen LogP) is 3.91. The van der Waals surface area contributed by atoms with Gasteiger partial charge < -0.3 is 15.0 Å². The first-order valence-corrected chi connectivity index (χ1v) is 11.2. The zero-order chi connectivity index (χ0) is 21.8. The second-order valence-electron chi connectivity index (χ2n) is 8.75. The van der Waals surface area contributed by atoms with Gasteiger partial charge in [-0.05, 0) is 43.2 Å². The molecule has 0 unspecified atom stereocenters. The van der Waals surface area contributed by atoms with Gasteiger partial charge in [0, 0.05) is 24.3 Å². The average molecular weight is 421 g/mol. The van der Waals surface area contributed by atoms with Crippen LogP contribution >= 0.6 is 0 Å². The molecule has 1 N–H and O–H groups in total. The molecule has 2 heterocycles. The van der Waals surface area contributed by atoms with Crippen molar-refractivity contribution in [3.05, 3.63) is 64.5 Å². The van der Waals surface area contributed by atoms with Gasteiger partial charge in [-0.15, -0.1) is 0 Å². The summed E-state index contributed by atoms with van der Waals surface area (Å²) in [6.45, 7) is 8.17. The van der Waals surface area contributed by atoms with E-state index in [2.05, 4.69) is 61.4 Å². The highest BCUT2D eigenvalue weighted by atomic mass is 16.5. The lowest BCUT2D eigenvalue weighted by atomic mass is 10.0. The Morgan fingerprint density at radius 1 is 1.23 bits per heavy atom. The maximum Gasteiger partial charge on any atom is 0.249 e. The zero-order valence-electron chi connectivity index (χ0n) is 18.7. The molecule has 1 aliphatic heterocycles. The lowest BCUT2D eigenvalue weighted by Gasteiger charge is -2.16. The van der Waals surface area contributed by atoms with Crippen LogP contribution in [0.4, 0.5) is 5.95 Å². The van der Waals surface area contributed by atoms with Gasteiger partial charge in [-0.1, -0.05) is 49.8 Å². The van der Waals surface area contributed by atoms with E-state index in [1.165, 1.54) is 16.7 Å². The second kappa shape index (κ2) is 9.60. The highest BCUT2D eigenvalue weighted by Gasteiger charge is 2.26. The summed E-state index contributed by atoms with van der Waals surface area (Å²) >= 11 is 0. The maximum atomic E-state index is 12.6. The molecular weight excluding hydrogens is 388 g/mol. The molecule has 0 fully saturated rings. The van der Waals surface area contributed by atoms with Crippen LogP contribution in [0.1, 0.15) is 49.6 Å². The number of allylic oxidation sites excluding steroid dienone is 1. The third-order valence-electron chi connectivity index (χ3n) is 6.27. The van der Waals surface area contributed by atoms with Gasteiger partial charge in [0.05, 0.1) is 18.8 Å². The van der Waals surface area contributed by atoms with E-state index in [1.54, 1.807) is 4.90 Å². The fraction of sp³-hybridized carbons (Fsp3) is 0.480. The lowest BCUT2D eigenvalue weighted by molar-refractivity contribution is -0.136. The van der Waals surface area contributed by atoms with E-state index in [-0.39, 0.29) is 12.5 Å². The summed E-state index contributed by atoms with van der Waals surface area (Å²) in [5, 5.41) is 3.47. The predicted molar refractivity (Wildman–Crippen MR) is 122 cm³/mol. The summed E-state index contributed by atoms with van der Waals surface area (Å²) < 4.78 is 5.65. The van der Waals surface area contributed by atoms with Crippen molar-refractivity contribution in [2.24, 2.45) is 5.92 Å². The van der Waals surface area contributed by atoms with E-state index >= 15 is 0 Å². The van der Waals surface area contributed by atoms with Gasteiger partial charge in [-0.2, -0.15) is 0 Å². The van der Waals surface area contributed by atoms with Crippen LogP contribution in [0.15, 0.2) is 42.1 Å². The van der Waals surface area contributed by atoms with Crippen LogP contribution in [0.25, 0.3) is 0 Å². The molecule has 0 atom stereocenters. The molecule has 1 aliphatic carbocycles. The Morgan fingerprint density at radius 2 is 1.97 bits per heavy atom. The molecule has 31 heavy (non-hydrogen) atoms. The molecule has 1 amide bonds. The van der Waals surface area contributed by atoms with E-state index in [1.807, 2.05) is 6.20 Å². The number of nitrogens with one attached hydrogen (secondary N) is 1. The smallest absolute Gasteiger partial charge is 0.249 e. The van der Waals surface area contributed by atoms with Crippen LogP contribution in [-0.2, 0) is 35.5 Å². The van der Waals surface area contributed by atoms with E-state index in [0.29, 0.717) is 37.6 Å². The Morgan fingerprint density at radius 3 is 2.65 bits per heavy atom. The molecule has 0 radical (unpaired) electrons. The highest BCUT2D eigenvalue weighted by Crippen LogP contribution is 2.25. The van der Waals surface area contributed by atoms with E-state index < -0.39 is 0 Å². The van der Waals surface area contributed by atoms with Crippen LogP contribution in [0.2, 0.25) is 0 Å². The van der Waals surface area contributed by atoms with Crippen molar-refractivity contribution in [1.82, 2.24) is 14.9 Å². The first-order valence-electron chi connectivity index (χ1n) is 11.2. The van der Waals surface area contributed by atoms with Crippen LogP contribution in [-0.4, -0.2) is 40.0 Å². The molecule has 0 spiro atoms. The lowest BCUT2D eigenvalue weighted by Crippen LogP contribution is -2.29. The minimum absolute atomic E-state index is 0.00493. The molecule has 1 aromatic carbocycles. The molecule has 1 aromatic heterocycles. The molecule has 2 aliphatic rings. The fourth-order valence-electron chi connectivity index (χ4n) is 4.45. The van der Waals surface area contributed by atoms with Crippen molar-refractivity contribution in [3.63, 3.8) is 0 Å². The molecule has 2 aromatic rings. The van der Waals surface area contributed by atoms with Crippen molar-refractivity contribution in [2.45, 2.75) is 59.2 Å². The normalized spacial score (nSPS) is 16.0. The standard InChI is InChI=1S/C25H32N4O2/c1-4-18(17(2)3)9-10-31-16-24(30)29-14-21-13-26-25(28-23(21)15-29)27-22-11-19-7-5-6-8-20(19)12-22/h4-8,13,17,22H,9-12,14-16H2,1-3H3,(H,26,27,28)/b18-4-. The van der Waals surface area contributed by atoms with Crippen molar-refractivity contribution >= 4 is 11.9 Å². The second-order valence-corrected chi connectivity index (χ2v) is 8.75. The molecule has 0 saturated carbocycles. The number of hydrogen-bond donors (Lipinski definition) is 1. The van der Waals surface area contributed by atoms with Crippen molar-refractivity contribution in [3.8, 4) is 0 Å². The number of ether oxygens (including phenoxy) is 1. The third-order valence-corrected chi connectivity index (χ3v) is 6.27. The van der Waals surface area contributed by atoms with Gasteiger partial charge in [0.2, 0.25) is 11.9 Å². The largest absolute Gasteiger partial charge is 0.371 e. The molecule has 6 nitrogen and oxygen atoms in total. The summed E-state index contributed by atoms with van der Waals surface area (Å²) in [5.74, 6) is 1.16. The molecule has 164 valence electrons. The van der Waals surface area contributed by atoms with Gasteiger partial charge in [0.15, 0.2) is 0 Å². The summed E-state index contributed by atoms with van der Waals surface area (Å²) in [4.78, 5) is 23.6. The van der Waals surface area contributed by atoms with Gasteiger partial charge in [0.25, 0.3) is 0 Å². The van der Waals surface area contributed by atoms with Crippen LogP contribution in [0.5, 0.6) is 0 Å². The number of anilines is 1. The number of aromatic nitrogens is 2. The Bertz CT molecular complexity index is 945. The van der Waals surface area contributed by atoms with Gasteiger partial charge in [0.1, 0.15) is 6.61 Å². The number of hydrogen-bond acceptors (Lipinski definition) is 5. The van der Waals surface area contributed by atoms with E-state index in [9.17, 15) is 4.79 Å². The van der Waals surface area contributed by atoms with Crippen LogP contribution in [0.3, 0.4) is 0 Å². The Balaban J connectivity index is 1.26. The minimum atomic E-state index is 0.00493. The number of benzene rings is 1. The Labute approximate surface area is 184 Å². The number of carbonyl (C=O) groups excluding carboxylic acids is 1. The number of fused-ring (bicyclic) bond motifs is 2. The van der Waals surface area contributed by atoms with E-state index in [0.717, 1.165) is 30.5 Å². The summed E-state index contributed by atoms with van der Waals surface area (Å²) in [6, 6.07) is 8.87. The molecule has 4 rings (SSSR count). The molecule has 0 saturated heterocycles. The Hall–Kier alpha value is -2.73. The highest BCUT2D eigenvalue weighted by molar-refractivity contribution is 5.78. The quantitative estimate of drug-likeness (QED) is 0.518. The Kier molecular flexibility index (Phi) is 6.66. The third kappa shape index (κ3) is 5.13. The minimum Gasteiger partial charge on any atom is -0.371 e. The van der Waals surface area contributed by atoms with Crippen molar-refractivity contribution < 1.29 is 9.53 Å². The molecule has 0 bridgehead atoms. The topological polar surface area (TPSA) is 67.3 Å². The van der Waals surface area contributed by atoms with Crippen LogP contribution in [0, 0.1) is 5.92 Å². The summed E-state index contributed by atoms with van der Waals surface area (Å²) in [7, 11) is 0. The number of amides is 1. The maximum absolute atomic E-state index is 12.6. The van der Waals surface area contributed by atoms with Crippen LogP contribution < -0.4 is 5.32 Å². The molecule has 6 heteroatoms. The average Bonchev–Trinajstić information content (AvgIpc) is 3.36. The summed E-state index contributed by atoms with van der Waals surface area (Å²) in [6.07, 6.45) is 6.84. The van der Waals surface area contributed by atoms with Gasteiger partial charge >= 0.3 is 0 Å². The van der Waals surface area contributed by atoms with Gasteiger partial charge in [-0.25, -0.2) is 9.97 Å². The zero-order valence-corrected chi connectivity index (χ0v) is 18.7. The number of rotatable bonds is 8. The monoisotopic (exact) mass is 420 g/mol. The van der Waals surface area contributed by atoms with E-state index in [4.69, 9.17) is 9.72 Å². The SMILES string of the molecule is C/C=C(/CCOCC(=O)N1Cc2cnc(NC3Cc4ccccc4C3)nc2C1)C(C)C. The number of nitrogens with zero attached hydrogens (tertiary/aromatic N) is 3. The first-order chi connectivity index (χ1) is 15.0. The summed E-state index contributed by atoms with van der Waals surface area (Å²) in [5.41, 5.74) is 6.10. The fourth-order valence-corrected chi connectivity index (χ4v) is 4.45. The first kappa shape index (κ1) is 21.5. The van der Waals surface area contributed by atoms with Crippen molar-refractivity contribution in [2.75, 3.05) is 18.5 Å².